The van der Waals surface area contributed by atoms with Gasteiger partial charge in [0.2, 0.25) is 11.7 Å². The molecule has 0 aliphatic carbocycles. The van der Waals surface area contributed by atoms with E-state index in [1.165, 1.54) is 30.3 Å². The van der Waals surface area contributed by atoms with Crippen LogP contribution in [0, 0.1) is 0 Å². The molecule has 0 heterocycles. The summed E-state index contributed by atoms with van der Waals surface area (Å²) in [5.41, 5.74) is 5.42. The van der Waals surface area contributed by atoms with Gasteiger partial charge in [0.1, 0.15) is 0 Å². The van der Waals surface area contributed by atoms with Crippen LogP contribution in [0.1, 0.15) is 22.3 Å². The third kappa shape index (κ3) is 4.68. The van der Waals surface area contributed by atoms with Gasteiger partial charge in [0.25, 0.3) is 0 Å². The number of halogens is 3. The zero-order chi connectivity index (χ0) is 15.3. The zero-order valence-corrected chi connectivity index (χ0v) is 10.1. The number of rotatable bonds is 5. The summed E-state index contributed by atoms with van der Waals surface area (Å²) in [5.74, 6) is -3.65. The zero-order valence-electron chi connectivity index (χ0n) is 10.1. The van der Waals surface area contributed by atoms with Crippen molar-refractivity contribution in [1.82, 2.24) is 0 Å². The van der Waals surface area contributed by atoms with Crippen LogP contribution in [0.2, 0.25) is 0 Å². The first-order chi connectivity index (χ1) is 9.20. The standard InChI is InChI=1S/C13H10F3NO3/c14-13(15,16)11(19)7-10(18)9-4-1-8(2-5-9)3-6-12(17)20/h1-6H,7H2,(H2,17,20). The van der Waals surface area contributed by atoms with Crippen molar-refractivity contribution >= 4 is 23.5 Å². The molecule has 1 amide bonds. The van der Waals surface area contributed by atoms with Crippen LogP contribution in [0.4, 0.5) is 13.2 Å². The lowest BCUT2D eigenvalue weighted by Gasteiger charge is -2.04. The Morgan fingerprint density at radius 2 is 1.65 bits per heavy atom. The Morgan fingerprint density at radius 1 is 1.10 bits per heavy atom. The maximum absolute atomic E-state index is 12.0. The number of amides is 1. The molecular weight excluding hydrogens is 275 g/mol. The molecule has 0 fully saturated rings. The van der Waals surface area contributed by atoms with Crippen LogP contribution in [-0.4, -0.2) is 23.6 Å². The molecule has 0 saturated carbocycles. The first-order valence-electron chi connectivity index (χ1n) is 5.41. The van der Waals surface area contributed by atoms with Crippen LogP contribution >= 0.6 is 0 Å². The van der Waals surface area contributed by atoms with Crippen molar-refractivity contribution in [1.29, 1.82) is 0 Å². The highest BCUT2D eigenvalue weighted by atomic mass is 19.4. The molecule has 2 N–H and O–H groups in total. The Kier molecular flexibility index (Phi) is 4.79. The van der Waals surface area contributed by atoms with Gasteiger partial charge in [-0.1, -0.05) is 24.3 Å². The Bertz CT molecular complexity index is 559. The van der Waals surface area contributed by atoms with Crippen LogP contribution in [0.15, 0.2) is 30.3 Å². The van der Waals surface area contributed by atoms with E-state index >= 15 is 0 Å². The van der Waals surface area contributed by atoms with Crippen LogP contribution < -0.4 is 5.73 Å². The SMILES string of the molecule is NC(=O)C=Cc1ccc(C(=O)CC(=O)C(F)(F)F)cc1. The molecule has 0 atom stereocenters. The molecule has 4 nitrogen and oxygen atoms in total. The Labute approximate surface area is 112 Å². The van der Waals surface area contributed by atoms with E-state index in [2.05, 4.69) is 0 Å². The van der Waals surface area contributed by atoms with Crippen molar-refractivity contribution in [2.75, 3.05) is 0 Å². The number of hydrogen-bond donors (Lipinski definition) is 1. The van der Waals surface area contributed by atoms with Crippen molar-refractivity contribution in [2.24, 2.45) is 5.73 Å². The lowest BCUT2D eigenvalue weighted by molar-refractivity contribution is -0.170. The predicted molar refractivity (Wildman–Crippen MR) is 64.7 cm³/mol. The van der Waals surface area contributed by atoms with Gasteiger partial charge in [-0.2, -0.15) is 13.2 Å². The van der Waals surface area contributed by atoms with Crippen LogP contribution in [0.25, 0.3) is 6.08 Å². The number of benzene rings is 1. The highest BCUT2D eigenvalue weighted by Crippen LogP contribution is 2.19. The molecule has 0 aliphatic rings. The van der Waals surface area contributed by atoms with Gasteiger partial charge < -0.3 is 5.73 Å². The molecule has 1 aromatic rings. The summed E-state index contributed by atoms with van der Waals surface area (Å²) in [7, 11) is 0. The summed E-state index contributed by atoms with van der Waals surface area (Å²) in [5, 5.41) is 0. The summed E-state index contributed by atoms with van der Waals surface area (Å²) in [6.07, 6.45) is -3.75. The Hall–Kier alpha value is -2.44. The quantitative estimate of drug-likeness (QED) is 0.510. The molecule has 1 aromatic carbocycles. The fraction of sp³-hybridized carbons (Fsp3) is 0.154. The van der Waals surface area contributed by atoms with Gasteiger partial charge in [0, 0.05) is 11.6 Å². The topological polar surface area (TPSA) is 77.2 Å². The number of hydrogen-bond acceptors (Lipinski definition) is 3. The van der Waals surface area contributed by atoms with E-state index in [1.807, 2.05) is 0 Å². The fourth-order valence-corrected chi connectivity index (χ4v) is 1.31. The highest BCUT2D eigenvalue weighted by Gasteiger charge is 2.39. The van der Waals surface area contributed by atoms with Crippen molar-refractivity contribution in [2.45, 2.75) is 12.6 Å². The maximum atomic E-state index is 12.0. The molecule has 0 spiro atoms. The molecule has 7 heteroatoms. The van der Waals surface area contributed by atoms with Crippen molar-refractivity contribution in [3.05, 3.63) is 41.5 Å². The minimum atomic E-state index is -5.01. The summed E-state index contributed by atoms with van der Waals surface area (Å²) in [4.78, 5) is 32.7. The van der Waals surface area contributed by atoms with Gasteiger partial charge in [0.15, 0.2) is 5.78 Å². The van der Waals surface area contributed by atoms with E-state index < -0.39 is 30.1 Å². The van der Waals surface area contributed by atoms with Gasteiger partial charge in [-0.05, 0) is 11.6 Å². The summed E-state index contributed by atoms with van der Waals surface area (Å²) >= 11 is 0. The first kappa shape index (κ1) is 15.6. The van der Waals surface area contributed by atoms with Crippen LogP contribution in [0.5, 0.6) is 0 Å². The second-order valence-electron chi connectivity index (χ2n) is 3.88. The Morgan fingerprint density at radius 3 is 2.10 bits per heavy atom. The number of primary amides is 1. The molecule has 1 rings (SSSR count). The monoisotopic (exact) mass is 285 g/mol. The normalized spacial score (nSPS) is 11.6. The average molecular weight is 285 g/mol. The van der Waals surface area contributed by atoms with Gasteiger partial charge in [-0.15, -0.1) is 0 Å². The van der Waals surface area contributed by atoms with Crippen molar-refractivity contribution < 1.29 is 27.6 Å². The molecule has 0 radical (unpaired) electrons. The Balaban J connectivity index is 2.76. The third-order valence-corrected chi connectivity index (χ3v) is 2.31. The number of nitrogens with two attached hydrogens (primary N) is 1. The lowest BCUT2D eigenvalue weighted by Crippen LogP contribution is -2.25. The summed E-state index contributed by atoms with van der Waals surface area (Å²) in [6, 6.07) is 5.38. The number of carbonyl (C=O) groups is 3. The maximum Gasteiger partial charge on any atom is 0.450 e. The van der Waals surface area contributed by atoms with E-state index in [0.717, 1.165) is 6.08 Å². The van der Waals surface area contributed by atoms with Gasteiger partial charge in [-0.25, -0.2) is 0 Å². The minimum absolute atomic E-state index is 0.0150. The predicted octanol–water partition coefficient (Wildman–Crippen LogP) is 1.89. The summed E-state index contributed by atoms with van der Waals surface area (Å²) in [6.45, 7) is 0. The van der Waals surface area contributed by atoms with Crippen molar-refractivity contribution in [3.8, 4) is 0 Å². The lowest BCUT2D eigenvalue weighted by atomic mass is 10.0. The number of ketones is 2. The van der Waals surface area contributed by atoms with Crippen LogP contribution in [-0.2, 0) is 9.59 Å². The number of Topliss-reactive ketones (excluding diaryl/α,β-unsaturated/α-hetero) is 2. The number of carbonyl (C=O) groups excluding carboxylic acids is 3. The highest BCUT2D eigenvalue weighted by molar-refractivity contribution is 6.09. The fourth-order valence-electron chi connectivity index (χ4n) is 1.31. The first-order valence-corrected chi connectivity index (χ1v) is 5.41. The average Bonchev–Trinajstić information content (AvgIpc) is 2.35. The number of alkyl halides is 3. The molecule has 0 aromatic heterocycles. The van der Waals surface area contributed by atoms with E-state index in [1.54, 1.807) is 0 Å². The van der Waals surface area contributed by atoms with Gasteiger partial charge >= 0.3 is 6.18 Å². The van der Waals surface area contributed by atoms with E-state index in [0.29, 0.717) is 5.56 Å². The van der Waals surface area contributed by atoms with E-state index in [-0.39, 0.29) is 5.56 Å². The molecule has 0 saturated heterocycles. The smallest absolute Gasteiger partial charge is 0.366 e. The molecular formula is C13H10F3NO3. The van der Waals surface area contributed by atoms with Crippen molar-refractivity contribution in [3.63, 3.8) is 0 Å². The molecule has 0 aliphatic heterocycles. The minimum Gasteiger partial charge on any atom is -0.366 e. The second kappa shape index (κ2) is 6.14. The molecule has 0 unspecified atom stereocenters. The molecule has 106 valence electrons. The summed E-state index contributed by atoms with van der Waals surface area (Å²) < 4.78 is 36.0. The van der Waals surface area contributed by atoms with E-state index in [4.69, 9.17) is 5.73 Å². The largest absolute Gasteiger partial charge is 0.450 e. The van der Waals surface area contributed by atoms with Gasteiger partial charge in [0.05, 0.1) is 6.42 Å². The van der Waals surface area contributed by atoms with Crippen LogP contribution in [0.3, 0.4) is 0 Å². The third-order valence-electron chi connectivity index (χ3n) is 2.31. The van der Waals surface area contributed by atoms with E-state index in [9.17, 15) is 27.6 Å². The van der Waals surface area contributed by atoms with Gasteiger partial charge in [-0.3, -0.25) is 14.4 Å². The molecule has 0 bridgehead atoms. The molecule has 20 heavy (non-hydrogen) atoms. The second-order valence-corrected chi connectivity index (χ2v) is 3.88.